The van der Waals surface area contributed by atoms with E-state index in [4.69, 9.17) is 4.52 Å². The summed E-state index contributed by atoms with van der Waals surface area (Å²) in [7, 11) is 0. The third-order valence-corrected chi connectivity index (χ3v) is 2.98. The van der Waals surface area contributed by atoms with Crippen molar-refractivity contribution in [1.82, 2.24) is 10.1 Å². The minimum atomic E-state index is 0.365. The number of para-hydroxylation sites is 1. The third kappa shape index (κ3) is 3.32. The number of benzene rings is 1. The van der Waals surface area contributed by atoms with Gasteiger partial charge in [0.15, 0.2) is 5.82 Å². The Bertz CT molecular complexity index is 467. The molecule has 1 heterocycles. The highest BCUT2D eigenvalue weighted by Gasteiger charge is 2.11. The average molecular weight is 245 g/mol. The smallest absolute Gasteiger partial charge is 0.228 e. The van der Waals surface area contributed by atoms with Gasteiger partial charge in [0.2, 0.25) is 5.89 Å². The third-order valence-electron chi connectivity index (χ3n) is 2.98. The lowest BCUT2D eigenvalue weighted by Gasteiger charge is -2.03. The van der Waals surface area contributed by atoms with Crippen LogP contribution in [-0.2, 0) is 6.42 Å². The van der Waals surface area contributed by atoms with Gasteiger partial charge in [0.25, 0.3) is 0 Å². The van der Waals surface area contributed by atoms with Gasteiger partial charge in [-0.25, -0.2) is 0 Å². The molecule has 0 spiro atoms. The van der Waals surface area contributed by atoms with Gasteiger partial charge in [-0.15, -0.1) is 0 Å². The molecule has 4 heteroatoms. The molecular formula is C14H19N3O. The van der Waals surface area contributed by atoms with Crippen LogP contribution in [0.3, 0.4) is 0 Å². The van der Waals surface area contributed by atoms with Crippen molar-refractivity contribution in [2.45, 2.75) is 32.6 Å². The van der Waals surface area contributed by atoms with E-state index < -0.39 is 0 Å². The van der Waals surface area contributed by atoms with Crippen molar-refractivity contribution in [3.8, 4) is 0 Å². The Morgan fingerprint density at radius 2 is 2.06 bits per heavy atom. The number of aromatic nitrogens is 2. The molecule has 96 valence electrons. The van der Waals surface area contributed by atoms with E-state index in [-0.39, 0.29) is 0 Å². The van der Waals surface area contributed by atoms with E-state index in [9.17, 15) is 0 Å². The summed E-state index contributed by atoms with van der Waals surface area (Å²) in [6.45, 7) is 5.03. The van der Waals surface area contributed by atoms with Crippen LogP contribution in [0.15, 0.2) is 34.9 Å². The largest absolute Gasteiger partial charge is 0.385 e. The van der Waals surface area contributed by atoms with Gasteiger partial charge in [-0.1, -0.05) is 37.2 Å². The molecule has 0 aliphatic heterocycles. The highest BCUT2D eigenvalue weighted by Crippen LogP contribution is 2.14. The first-order valence-electron chi connectivity index (χ1n) is 6.41. The average Bonchev–Trinajstić information content (AvgIpc) is 2.88. The van der Waals surface area contributed by atoms with Gasteiger partial charge in [0, 0.05) is 24.6 Å². The quantitative estimate of drug-likeness (QED) is 0.848. The molecule has 0 radical (unpaired) electrons. The molecule has 1 unspecified atom stereocenters. The lowest BCUT2D eigenvalue weighted by molar-refractivity contribution is 0.372. The van der Waals surface area contributed by atoms with Gasteiger partial charge in [0.05, 0.1) is 0 Å². The maximum atomic E-state index is 5.22. The Morgan fingerprint density at radius 1 is 1.28 bits per heavy atom. The van der Waals surface area contributed by atoms with Crippen LogP contribution in [0.2, 0.25) is 0 Å². The molecule has 1 aromatic heterocycles. The molecule has 0 bridgehead atoms. The number of nitrogens with one attached hydrogen (secondary N) is 1. The lowest BCUT2D eigenvalue weighted by atomic mass is 10.1. The predicted molar refractivity (Wildman–Crippen MR) is 71.6 cm³/mol. The van der Waals surface area contributed by atoms with Crippen molar-refractivity contribution in [1.29, 1.82) is 0 Å². The van der Waals surface area contributed by atoms with Crippen LogP contribution < -0.4 is 5.32 Å². The van der Waals surface area contributed by atoms with Crippen molar-refractivity contribution < 1.29 is 4.52 Å². The summed E-state index contributed by atoms with van der Waals surface area (Å²) in [5.74, 6) is 1.88. The maximum absolute atomic E-state index is 5.22. The van der Waals surface area contributed by atoms with Crippen molar-refractivity contribution in [3.05, 3.63) is 42.0 Å². The molecule has 0 saturated carbocycles. The van der Waals surface area contributed by atoms with E-state index in [1.54, 1.807) is 0 Å². The Balaban J connectivity index is 1.82. The topological polar surface area (TPSA) is 51.0 Å². The standard InChI is InChI=1S/C14H19N3O/c1-3-11(2)14-16-13(18-17-14)9-10-15-12-7-5-4-6-8-12/h4-8,11,15H,3,9-10H2,1-2H3. The number of nitrogens with zero attached hydrogens (tertiary/aromatic N) is 2. The van der Waals surface area contributed by atoms with Crippen LogP contribution in [0, 0.1) is 0 Å². The zero-order chi connectivity index (χ0) is 12.8. The van der Waals surface area contributed by atoms with E-state index >= 15 is 0 Å². The molecule has 2 rings (SSSR count). The molecular weight excluding hydrogens is 226 g/mol. The fourth-order valence-electron chi connectivity index (χ4n) is 1.62. The molecule has 0 aliphatic carbocycles. The second-order valence-electron chi connectivity index (χ2n) is 4.40. The second kappa shape index (κ2) is 6.19. The second-order valence-corrected chi connectivity index (χ2v) is 4.40. The zero-order valence-corrected chi connectivity index (χ0v) is 10.9. The van der Waals surface area contributed by atoms with Gasteiger partial charge in [-0.3, -0.25) is 0 Å². The summed E-state index contributed by atoms with van der Waals surface area (Å²) < 4.78 is 5.22. The Hall–Kier alpha value is -1.84. The highest BCUT2D eigenvalue weighted by atomic mass is 16.5. The Labute approximate surface area is 107 Å². The summed E-state index contributed by atoms with van der Waals surface area (Å²) in [4.78, 5) is 4.39. The molecule has 0 aliphatic rings. The highest BCUT2D eigenvalue weighted by molar-refractivity contribution is 5.42. The Morgan fingerprint density at radius 3 is 2.78 bits per heavy atom. The molecule has 1 N–H and O–H groups in total. The van der Waals surface area contributed by atoms with Crippen LogP contribution in [0.1, 0.15) is 37.9 Å². The first-order valence-corrected chi connectivity index (χ1v) is 6.41. The van der Waals surface area contributed by atoms with Crippen LogP contribution in [0.4, 0.5) is 5.69 Å². The molecule has 0 saturated heterocycles. The monoisotopic (exact) mass is 245 g/mol. The van der Waals surface area contributed by atoms with Crippen molar-refractivity contribution in [2.75, 3.05) is 11.9 Å². The minimum Gasteiger partial charge on any atom is -0.385 e. The fraction of sp³-hybridized carbons (Fsp3) is 0.429. The maximum Gasteiger partial charge on any atom is 0.228 e. The van der Waals surface area contributed by atoms with E-state index in [0.29, 0.717) is 11.8 Å². The molecule has 2 aromatic rings. The van der Waals surface area contributed by atoms with E-state index in [1.165, 1.54) is 0 Å². The van der Waals surface area contributed by atoms with Gasteiger partial charge < -0.3 is 9.84 Å². The fourth-order valence-corrected chi connectivity index (χ4v) is 1.62. The van der Waals surface area contributed by atoms with E-state index in [2.05, 4.69) is 29.3 Å². The normalized spacial score (nSPS) is 12.3. The molecule has 18 heavy (non-hydrogen) atoms. The number of anilines is 1. The summed E-state index contributed by atoms with van der Waals surface area (Å²) in [5.41, 5.74) is 1.11. The molecule has 1 aromatic carbocycles. The summed E-state index contributed by atoms with van der Waals surface area (Å²) in [5, 5.41) is 7.32. The minimum absolute atomic E-state index is 0.365. The summed E-state index contributed by atoms with van der Waals surface area (Å²) >= 11 is 0. The summed E-state index contributed by atoms with van der Waals surface area (Å²) in [6, 6.07) is 10.1. The molecule has 4 nitrogen and oxygen atoms in total. The zero-order valence-electron chi connectivity index (χ0n) is 10.9. The van der Waals surface area contributed by atoms with Crippen LogP contribution in [0.5, 0.6) is 0 Å². The van der Waals surface area contributed by atoms with Crippen LogP contribution >= 0.6 is 0 Å². The van der Waals surface area contributed by atoms with Crippen molar-refractivity contribution in [3.63, 3.8) is 0 Å². The van der Waals surface area contributed by atoms with Gasteiger partial charge in [0.1, 0.15) is 0 Å². The first-order chi connectivity index (χ1) is 8.79. The van der Waals surface area contributed by atoms with Crippen molar-refractivity contribution >= 4 is 5.69 Å². The number of hydrogen-bond acceptors (Lipinski definition) is 4. The SMILES string of the molecule is CCC(C)c1noc(CCNc2ccccc2)n1. The van der Waals surface area contributed by atoms with Crippen LogP contribution in [0.25, 0.3) is 0 Å². The van der Waals surface area contributed by atoms with Gasteiger partial charge >= 0.3 is 0 Å². The van der Waals surface area contributed by atoms with Crippen molar-refractivity contribution in [2.24, 2.45) is 0 Å². The molecule has 0 amide bonds. The number of rotatable bonds is 6. The first kappa shape index (κ1) is 12.6. The van der Waals surface area contributed by atoms with Crippen LogP contribution in [-0.4, -0.2) is 16.7 Å². The summed E-state index contributed by atoms with van der Waals surface area (Å²) in [6.07, 6.45) is 1.78. The van der Waals surface area contributed by atoms with E-state index in [0.717, 1.165) is 30.9 Å². The Kier molecular flexibility index (Phi) is 4.34. The molecule has 1 atom stereocenters. The predicted octanol–water partition coefficient (Wildman–Crippen LogP) is 3.24. The lowest BCUT2D eigenvalue weighted by Crippen LogP contribution is -2.05. The van der Waals surface area contributed by atoms with Gasteiger partial charge in [-0.05, 0) is 18.6 Å². The molecule has 0 fully saturated rings. The van der Waals surface area contributed by atoms with E-state index in [1.807, 2.05) is 30.3 Å². The van der Waals surface area contributed by atoms with Gasteiger partial charge in [-0.2, -0.15) is 4.98 Å². The number of hydrogen-bond donors (Lipinski definition) is 1.